The fourth-order valence-corrected chi connectivity index (χ4v) is 5.06. The Balaban J connectivity index is 1.68. The van der Waals surface area contributed by atoms with Crippen LogP contribution < -0.4 is 15.2 Å². The van der Waals surface area contributed by atoms with Crippen LogP contribution in [0.5, 0.6) is 0 Å². The van der Waals surface area contributed by atoms with Crippen LogP contribution in [0.1, 0.15) is 44.9 Å². The van der Waals surface area contributed by atoms with Gasteiger partial charge in [0.15, 0.2) is 0 Å². The van der Waals surface area contributed by atoms with Crippen LogP contribution in [0.4, 0.5) is 5.82 Å². The first kappa shape index (κ1) is 19.3. The van der Waals surface area contributed by atoms with Crippen molar-refractivity contribution in [3.8, 4) is 0 Å². The Hall–Kier alpha value is -1.45. The first-order valence-electron chi connectivity index (χ1n) is 9.53. The average Bonchev–Trinajstić information content (AvgIpc) is 2.93. The average molecular weight is 384 g/mol. The Kier molecular flexibility index (Phi) is 6.31. The number of aromatic nitrogens is 2. The lowest BCUT2D eigenvalue weighted by molar-refractivity contribution is 0.402. The van der Waals surface area contributed by atoms with E-state index in [1.165, 1.54) is 10.7 Å². The molecule has 2 aliphatic rings. The zero-order valence-electron chi connectivity index (χ0n) is 15.4. The lowest BCUT2D eigenvalue weighted by Crippen LogP contribution is -2.50. The van der Waals surface area contributed by atoms with Crippen molar-refractivity contribution in [3.05, 3.63) is 22.5 Å². The van der Waals surface area contributed by atoms with Gasteiger partial charge in [-0.15, -0.1) is 0 Å². The molecule has 1 N–H and O–H groups in total. The van der Waals surface area contributed by atoms with Crippen LogP contribution in [0.2, 0.25) is 0 Å². The molecule has 3 heterocycles. The van der Waals surface area contributed by atoms with Gasteiger partial charge in [0.1, 0.15) is 5.82 Å². The van der Waals surface area contributed by atoms with E-state index in [1.807, 2.05) is 0 Å². The Labute approximate surface area is 155 Å². The van der Waals surface area contributed by atoms with Gasteiger partial charge in [0.05, 0.1) is 0 Å². The largest absolute Gasteiger partial charge is 0.351 e. The molecule has 0 spiro atoms. The van der Waals surface area contributed by atoms with E-state index in [0.29, 0.717) is 19.6 Å². The highest BCUT2D eigenvalue weighted by molar-refractivity contribution is 7.87. The fraction of sp³-hybridized carbons (Fsp3) is 0.765. The van der Waals surface area contributed by atoms with Gasteiger partial charge in [-0.3, -0.25) is 4.79 Å². The molecule has 1 aromatic rings. The van der Waals surface area contributed by atoms with Gasteiger partial charge in [-0.2, -0.15) is 17.8 Å². The summed E-state index contributed by atoms with van der Waals surface area (Å²) < 4.78 is 31.0. The van der Waals surface area contributed by atoms with E-state index in [2.05, 4.69) is 14.7 Å². The van der Waals surface area contributed by atoms with Gasteiger partial charge >= 0.3 is 0 Å². The van der Waals surface area contributed by atoms with Gasteiger partial charge in [-0.25, -0.2) is 9.40 Å². The first-order valence-corrected chi connectivity index (χ1v) is 11.0. The maximum atomic E-state index is 12.7. The molecule has 146 valence electrons. The summed E-state index contributed by atoms with van der Waals surface area (Å²) in [5.74, 6) is 0.728. The summed E-state index contributed by atoms with van der Waals surface area (Å²) in [6, 6.07) is 3.29. The van der Waals surface area contributed by atoms with Crippen LogP contribution in [0.25, 0.3) is 0 Å². The molecule has 2 aliphatic heterocycles. The second-order valence-electron chi connectivity index (χ2n) is 7.16. The van der Waals surface area contributed by atoms with Crippen LogP contribution >= 0.6 is 0 Å². The summed E-state index contributed by atoms with van der Waals surface area (Å²) in [6.07, 6.45) is 7.07. The van der Waals surface area contributed by atoms with Crippen molar-refractivity contribution in [2.24, 2.45) is 7.05 Å². The van der Waals surface area contributed by atoms with Crippen molar-refractivity contribution in [1.29, 1.82) is 0 Å². The minimum atomic E-state index is -3.45. The lowest BCUT2D eigenvalue weighted by atomic mass is 10.0. The van der Waals surface area contributed by atoms with E-state index < -0.39 is 10.2 Å². The molecule has 0 amide bonds. The summed E-state index contributed by atoms with van der Waals surface area (Å²) >= 11 is 0. The molecule has 0 saturated carbocycles. The highest BCUT2D eigenvalue weighted by Gasteiger charge is 2.28. The van der Waals surface area contributed by atoms with Crippen molar-refractivity contribution >= 4 is 16.0 Å². The molecule has 3 rings (SSSR count). The molecule has 26 heavy (non-hydrogen) atoms. The lowest BCUT2D eigenvalue weighted by Gasteiger charge is -2.37. The number of piperidine rings is 1. The van der Waals surface area contributed by atoms with Crippen molar-refractivity contribution in [2.75, 3.05) is 31.1 Å². The SMILES string of the molecule is Cn1nc(N2CCCCC2CNS(=O)(=O)N2CCCCCC2)ccc1=O. The number of anilines is 1. The molecular weight excluding hydrogens is 354 g/mol. The molecule has 1 atom stereocenters. The molecule has 9 heteroatoms. The number of rotatable bonds is 5. The van der Waals surface area contributed by atoms with Gasteiger partial charge in [-0.1, -0.05) is 12.8 Å². The highest BCUT2D eigenvalue weighted by Crippen LogP contribution is 2.22. The van der Waals surface area contributed by atoms with Gasteiger partial charge in [0, 0.05) is 45.3 Å². The number of aryl methyl sites for hydroxylation is 1. The van der Waals surface area contributed by atoms with Gasteiger partial charge in [0.25, 0.3) is 15.8 Å². The van der Waals surface area contributed by atoms with E-state index >= 15 is 0 Å². The number of nitrogens with zero attached hydrogens (tertiary/aromatic N) is 4. The maximum absolute atomic E-state index is 12.7. The minimum absolute atomic E-state index is 0.0514. The Morgan fingerprint density at radius 3 is 2.46 bits per heavy atom. The molecular formula is C17H29N5O3S. The maximum Gasteiger partial charge on any atom is 0.279 e. The second-order valence-corrected chi connectivity index (χ2v) is 8.92. The number of nitrogens with one attached hydrogen (secondary N) is 1. The molecule has 0 bridgehead atoms. The van der Waals surface area contributed by atoms with Crippen LogP contribution in [0.3, 0.4) is 0 Å². The van der Waals surface area contributed by atoms with Crippen molar-refractivity contribution in [2.45, 2.75) is 51.0 Å². The molecule has 2 fully saturated rings. The monoisotopic (exact) mass is 383 g/mol. The van der Waals surface area contributed by atoms with E-state index in [4.69, 9.17) is 0 Å². The molecule has 1 unspecified atom stereocenters. The molecule has 8 nitrogen and oxygen atoms in total. The Morgan fingerprint density at radius 1 is 1.08 bits per heavy atom. The topological polar surface area (TPSA) is 87.5 Å². The Morgan fingerprint density at radius 2 is 1.77 bits per heavy atom. The molecule has 0 aromatic carbocycles. The van der Waals surface area contributed by atoms with Gasteiger partial charge in [0.2, 0.25) is 0 Å². The molecule has 0 aliphatic carbocycles. The molecule has 0 radical (unpaired) electrons. The third kappa shape index (κ3) is 4.63. The summed E-state index contributed by atoms with van der Waals surface area (Å²) in [5.41, 5.74) is -0.149. The van der Waals surface area contributed by atoms with Crippen LogP contribution in [-0.4, -0.2) is 54.7 Å². The standard InChI is InChI=1S/C17H29N5O3S/c1-20-17(23)10-9-16(19-20)22-13-7-4-8-15(22)14-18-26(24,25)21-11-5-2-3-6-12-21/h9-10,15,18H,2-8,11-14H2,1H3. The molecule has 2 saturated heterocycles. The number of hydrogen-bond acceptors (Lipinski definition) is 5. The number of hydrogen-bond donors (Lipinski definition) is 1. The molecule has 1 aromatic heterocycles. The highest BCUT2D eigenvalue weighted by atomic mass is 32.2. The van der Waals surface area contributed by atoms with Gasteiger partial charge in [-0.05, 0) is 38.2 Å². The third-order valence-corrected chi connectivity index (χ3v) is 6.85. The fourth-order valence-electron chi connectivity index (χ4n) is 3.73. The predicted molar refractivity (Wildman–Crippen MR) is 101 cm³/mol. The third-order valence-electron chi connectivity index (χ3n) is 5.27. The van der Waals surface area contributed by atoms with Crippen LogP contribution in [0.15, 0.2) is 16.9 Å². The van der Waals surface area contributed by atoms with E-state index in [0.717, 1.165) is 57.3 Å². The minimum Gasteiger partial charge on any atom is -0.351 e. The second kappa shape index (κ2) is 8.49. The summed E-state index contributed by atoms with van der Waals surface area (Å²) in [5, 5.41) is 4.34. The zero-order chi connectivity index (χ0) is 18.6. The normalized spacial score (nSPS) is 23.0. The van der Waals surface area contributed by atoms with E-state index in [-0.39, 0.29) is 11.6 Å². The summed E-state index contributed by atoms with van der Waals surface area (Å²) in [6.45, 7) is 2.39. The quantitative estimate of drug-likeness (QED) is 0.814. The van der Waals surface area contributed by atoms with Crippen LogP contribution in [-0.2, 0) is 17.3 Å². The van der Waals surface area contributed by atoms with E-state index in [1.54, 1.807) is 17.4 Å². The van der Waals surface area contributed by atoms with Crippen molar-refractivity contribution in [3.63, 3.8) is 0 Å². The van der Waals surface area contributed by atoms with Crippen molar-refractivity contribution in [1.82, 2.24) is 18.8 Å². The predicted octanol–water partition coefficient (Wildman–Crippen LogP) is 0.850. The van der Waals surface area contributed by atoms with E-state index in [9.17, 15) is 13.2 Å². The first-order chi connectivity index (χ1) is 12.5. The van der Waals surface area contributed by atoms with Gasteiger partial charge < -0.3 is 4.90 Å². The summed E-state index contributed by atoms with van der Waals surface area (Å²) in [4.78, 5) is 13.7. The van der Waals surface area contributed by atoms with Crippen LogP contribution in [0, 0.1) is 0 Å². The zero-order valence-corrected chi connectivity index (χ0v) is 16.2. The smallest absolute Gasteiger partial charge is 0.279 e. The summed E-state index contributed by atoms with van der Waals surface area (Å²) in [7, 11) is -1.81. The van der Waals surface area contributed by atoms with Crippen molar-refractivity contribution < 1.29 is 8.42 Å². The Bertz CT molecular complexity index is 756.